The van der Waals surface area contributed by atoms with Crippen molar-refractivity contribution >= 4 is 28.1 Å². The highest BCUT2D eigenvalue weighted by molar-refractivity contribution is 7.13. The van der Waals surface area contributed by atoms with Crippen LogP contribution < -0.4 is 11.1 Å². The zero-order valence-corrected chi connectivity index (χ0v) is 10.2. The number of nitrogens with two attached hydrogens (primary N) is 1. The highest BCUT2D eigenvalue weighted by Gasteiger charge is 2.18. The van der Waals surface area contributed by atoms with Gasteiger partial charge >= 0.3 is 5.97 Å². The van der Waals surface area contributed by atoms with E-state index in [1.807, 2.05) is 0 Å². The van der Waals surface area contributed by atoms with Crippen LogP contribution in [0.5, 0.6) is 0 Å². The van der Waals surface area contributed by atoms with Gasteiger partial charge < -0.3 is 16.2 Å². The van der Waals surface area contributed by atoms with Crippen molar-refractivity contribution in [3.05, 3.63) is 40.9 Å². The fourth-order valence-electron chi connectivity index (χ4n) is 1.32. The quantitative estimate of drug-likeness (QED) is 0.802. The topological polar surface area (TPSA) is 88.2 Å². The van der Waals surface area contributed by atoms with E-state index in [9.17, 15) is 13.6 Å². The summed E-state index contributed by atoms with van der Waals surface area (Å²) in [4.78, 5) is 14.6. The van der Waals surface area contributed by atoms with Crippen LogP contribution >= 0.6 is 11.3 Å². The van der Waals surface area contributed by atoms with Gasteiger partial charge in [0, 0.05) is 11.4 Å². The molecule has 0 radical (unpaired) electrons. The number of halogens is 2. The summed E-state index contributed by atoms with van der Waals surface area (Å²) in [7, 11) is 0. The largest absolute Gasteiger partial charge is 0.480 e. The second kappa shape index (κ2) is 5.29. The third-order valence-corrected chi connectivity index (χ3v) is 3.06. The summed E-state index contributed by atoms with van der Waals surface area (Å²) in [5.74, 6) is -2.65. The van der Waals surface area contributed by atoms with Gasteiger partial charge in [0.15, 0.2) is 5.13 Å². The Morgan fingerprint density at radius 3 is 2.84 bits per heavy atom. The lowest BCUT2D eigenvalue weighted by Gasteiger charge is -2.04. The fraction of sp³-hybridized carbons (Fsp3) is 0.0909. The lowest BCUT2D eigenvalue weighted by atomic mass is 10.2. The van der Waals surface area contributed by atoms with Crippen molar-refractivity contribution in [3.63, 3.8) is 0 Å². The number of thiazole rings is 1. The zero-order chi connectivity index (χ0) is 14.0. The number of hydrogen-bond donors (Lipinski definition) is 3. The molecule has 0 saturated carbocycles. The van der Waals surface area contributed by atoms with Crippen molar-refractivity contribution in [2.75, 3.05) is 5.32 Å². The minimum atomic E-state index is -1.23. The number of carbonyl (C=O) groups is 1. The van der Waals surface area contributed by atoms with Crippen LogP contribution in [0.3, 0.4) is 0 Å². The summed E-state index contributed by atoms with van der Waals surface area (Å²) in [5.41, 5.74) is 5.60. The molecule has 4 N–H and O–H groups in total. The first-order chi connectivity index (χ1) is 8.97. The van der Waals surface area contributed by atoms with E-state index in [2.05, 4.69) is 10.3 Å². The van der Waals surface area contributed by atoms with Gasteiger partial charge in [0.25, 0.3) is 0 Å². The second-order valence-corrected chi connectivity index (χ2v) is 4.50. The maximum absolute atomic E-state index is 13.4. The molecule has 0 aliphatic rings. The molecule has 2 rings (SSSR count). The van der Waals surface area contributed by atoms with Crippen molar-refractivity contribution in [1.82, 2.24) is 4.98 Å². The van der Waals surface area contributed by atoms with Crippen LogP contribution in [0.15, 0.2) is 23.6 Å². The van der Waals surface area contributed by atoms with Crippen molar-refractivity contribution in [3.8, 4) is 0 Å². The predicted molar refractivity (Wildman–Crippen MR) is 66.3 cm³/mol. The molecule has 0 fully saturated rings. The second-order valence-electron chi connectivity index (χ2n) is 3.64. The van der Waals surface area contributed by atoms with E-state index in [1.165, 1.54) is 11.4 Å². The Hall–Kier alpha value is -2.06. The molecule has 5 nitrogen and oxygen atoms in total. The molecule has 0 saturated heterocycles. The SMILES string of the molecule is NC(C(=O)O)c1csc(Nc2ccc(F)cc2F)n1. The van der Waals surface area contributed by atoms with Gasteiger partial charge in [-0.3, -0.25) is 4.79 Å². The predicted octanol–water partition coefficient (Wildman–Crippen LogP) is 2.25. The van der Waals surface area contributed by atoms with Gasteiger partial charge in [-0.1, -0.05) is 0 Å². The molecule has 0 spiro atoms. The average Bonchev–Trinajstić information content (AvgIpc) is 2.80. The van der Waals surface area contributed by atoms with Crippen LogP contribution in [0, 0.1) is 11.6 Å². The summed E-state index contributed by atoms with van der Waals surface area (Å²) < 4.78 is 26.1. The van der Waals surface area contributed by atoms with Crippen LogP contribution in [0.1, 0.15) is 11.7 Å². The van der Waals surface area contributed by atoms with Gasteiger partial charge in [-0.2, -0.15) is 0 Å². The molecule has 0 amide bonds. The molecule has 1 aromatic carbocycles. The molecule has 1 atom stereocenters. The molecule has 1 unspecified atom stereocenters. The van der Waals surface area contributed by atoms with E-state index in [4.69, 9.17) is 10.8 Å². The number of nitrogens with zero attached hydrogens (tertiary/aromatic N) is 1. The summed E-state index contributed by atoms with van der Waals surface area (Å²) in [6.45, 7) is 0. The van der Waals surface area contributed by atoms with Crippen LogP contribution in [0.25, 0.3) is 0 Å². The molecular weight excluding hydrogens is 276 g/mol. The molecule has 1 heterocycles. The van der Waals surface area contributed by atoms with Gasteiger partial charge in [0.2, 0.25) is 0 Å². The van der Waals surface area contributed by atoms with Gasteiger partial charge in [0.05, 0.1) is 11.4 Å². The van der Waals surface area contributed by atoms with E-state index < -0.39 is 23.6 Å². The molecule has 0 aliphatic heterocycles. The lowest BCUT2D eigenvalue weighted by Crippen LogP contribution is -2.20. The Morgan fingerprint density at radius 1 is 1.47 bits per heavy atom. The Labute approximate surface area is 110 Å². The number of aromatic nitrogens is 1. The van der Waals surface area contributed by atoms with Gasteiger partial charge in [-0.05, 0) is 12.1 Å². The van der Waals surface area contributed by atoms with Gasteiger partial charge in [-0.25, -0.2) is 13.8 Å². The van der Waals surface area contributed by atoms with Crippen LogP contribution in [-0.2, 0) is 4.79 Å². The van der Waals surface area contributed by atoms with Crippen LogP contribution in [0.2, 0.25) is 0 Å². The maximum Gasteiger partial charge on any atom is 0.326 e. The first-order valence-corrected chi connectivity index (χ1v) is 6.01. The van der Waals surface area contributed by atoms with Crippen LogP contribution in [0.4, 0.5) is 19.6 Å². The molecule has 0 bridgehead atoms. The zero-order valence-electron chi connectivity index (χ0n) is 9.43. The number of nitrogens with one attached hydrogen (secondary N) is 1. The number of rotatable bonds is 4. The summed E-state index contributed by atoms with van der Waals surface area (Å²) in [6.07, 6.45) is 0. The normalized spacial score (nSPS) is 12.2. The third kappa shape index (κ3) is 3.04. The van der Waals surface area contributed by atoms with Gasteiger partial charge in [0.1, 0.15) is 17.7 Å². The van der Waals surface area contributed by atoms with Crippen molar-refractivity contribution in [2.24, 2.45) is 5.73 Å². The number of aliphatic carboxylic acids is 1. The molecular formula is C11H9F2N3O2S. The minimum absolute atomic E-state index is 0.0474. The van der Waals surface area contributed by atoms with E-state index in [0.29, 0.717) is 0 Å². The summed E-state index contributed by atoms with van der Waals surface area (Å²) in [5, 5.41) is 13.1. The van der Waals surface area contributed by atoms with Crippen molar-refractivity contribution in [2.45, 2.75) is 6.04 Å². The molecule has 19 heavy (non-hydrogen) atoms. The van der Waals surface area contributed by atoms with E-state index >= 15 is 0 Å². The van der Waals surface area contributed by atoms with Crippen LogP contribution in [-0.4, -0.2) is 16.1 Å². The van der Waals surface area contributed by atoms with E-state index in [-0.39, 0.29) is 16.5 Å². The molecule has 8 heteroatoms. The molecule has 2 aromatic rings. The third-order valence-electron chi connectivity index (χ3n) is 2.28. The maximum atomic E-state index is 13.4. The Bertz CT molecular complexity index is 618. The van der Waals surface area contributed by atoms with E-state index in [0.717, 1.165) is 23.5 Å². The molecule has 100 valence electrons. The monoisotopic (exact) mass is 285 g/mol. The highest BCUT2D eigenvalue weighted by atomic mass is 32.1. The summed E-state index contributed by atoms with van der Waals surface area (Å²) in [6, 6.07) is 1.83. The fourth-order valence-corrected chi connectivity index (χ4v) is 2.08. The Balaban J connectivity index is 2.18. The van der Waals surface area contributed by atoms with Crippen molar-refractivity contribution < 1.29 is 18.7 Å². The Kier molecular flexibility index (Phi) is 3.72. The molecule has 1 aromatic heterocycles. The molecule has 0 aliphatic carbocycles. The van der Waals surface area contributed by atoms with Gasteiger partial charge in [-0.15, -0.1) is 11.3 Å². The first-order valence-electron chi connectivity index (χ1n) is 5.13. The lowest BCUT2D eigenvalue weighted by molar-refractivity contribution is -0.138. The number of benzene rings is 1. The smallest absolute Gasteiger partial charge is 0.326 e. The van der Waals surface area contributed by atoms with E-state index in [1.54, 1.807) is 0 Å². The average molecular weight is 285 g/mol. The van der Waals surface area contributed by atoms with Crippen molar-refractivity contribution in [1.29, 1.82) is 0 Å². The highest BCUT2D eigenvalue weighted by Crippen LogP contribution is 2.25. The number of carboxylic acids is 1. The first kappa shape index (κ1) is 13.4. The number of hydrogen-bond acceptors (Lipinski definition) is 5. The number of anilines is 2. The number of carboxylic acid groups (broad SMARTS) is 1. The standard InChI is InChI=1S/C11H9F2N3O2S/c12-5-1-2-7(6(13)3-5)15-11-16-8(4-19-11)9(14)10(17)18/h1-4,9H,14H2,(H,15,16)(H,17,18). The Morgan fingerprint density at radius 2 is 2.21 bits per heavy atom. The summed E-state index contributed by atoms with van der Waals surface area (Å²) >= 11 is 1.08. The minimum Gasteiger partial charge on any atom is -0.480 e.